The first-order chi connectivity index (χ1) is 13.2. The molecule has 1 saturated heterocycles. The van der Waals surface area contributed by atoms with Gasteiger partial charge in [0.1, 0.15) is 0 Å². The third-order valence-corrected chi connectivity index (χ3v) is 6.10. The number of ether oxygens (including phenoxy) is 2. The Morgan fingerprint density at radius 1 is 1.00 bits per heavy atom. The Labute approximate surface area is 173 Å². The lowest BCUT2D eigenvalue weighted by Gasteiger charge is -2.34. The lowest BCUT2D eigenvalue weighted by molar-refractivity contribution is 0.0817. The highest BCUT2D eigenvalue weighted by molar-refractivity contribution is 6.03. The fourth-order valence-electron chi connectivity index (χ4n) is 4.58. The van der Waals surface area contributed by atoms with Crippen LogP contribution in [0.15, 0.2) is 42.5 Å². The number of ketones is 1. The fourth-order valence-corrected chi connectivity index (χ4v) is 4.58. The minimum absolute atomic E-state index is 0. The summed E-state index contributed by atoms with van der Waals surface area (Å²) in [5.74, 6) is 2.21. The number of halogens is 1. The van der Waals surface area contributed by atoms with Gasteiger partial charge in [-0.15, -0.1) is 12.4 Å². The summed E-state index contributed by atoms with van der Waals surface area (Å²) >= 11 is 0. The van der Waals surface area contributed by atoms with Crippen molar-refractivity contribution in [1.82, 2.24) is 4.90 Å². The van der Waals surface area contributed by atoms with E-state index in [0.29, 0.717) is 17.4 Å². The van der Waals surface area contributed by atoms with E-state index < -0.39 is 0 Å². The van der Waals surface area contributed by atoms with Crippen molar-refractivity contribution in [2.45, 2.75) is 25.8 Å². The van der Waals surface area contributed by atoms with E-state index in [0.717, 1.165) is 50.0 Å². The first-order valence-electron chi connectivity index (χ1n) is 9.75. The highest BCUT2D eigenvalue weighted by atomic mass is 35.5. The smallest absolute Gasteiger partial charge is 0.166 e. The highest BCUT2D eigenvalue weighted by Crippen LogP contribution is 2.41. The number of piperidine rings is 1. The molecule has 0 bridgehead atoms. The second kappa shape index (κ2) is 8.97. The largest absolute Gasteiger partial charge is 0.493 e. The van der Waals surface area contributed by atoms with Crippen LogP contribution in [-0.2, 0) is 13.0 Å². The first-order valence-corrected chi connectivity index (χ1v) is 9.75. The van der Waals surface area contributed by atoms with Crippen LogP contribution in [0.5, 0.6) is 11.5 Å². The van der Waals surface area contributed by atoms with Crippen molar-refractivity contribution in [3.8, 4) is 11.5 Å². The van der Waals surface area contributed by atoms with Crippen molar-refractivity contribution in [2.75, 3.05) is 27.3 Å². The molecule has 0 saturated carbocycles. The Hall–Kier alpha value is -2.04. The van der Waals surface area contributed by atoms with Crippen LogP contribution in [0.2, 0.25) is 0 Å². The molecular formula is C23H28ClNO3. The summed E-state index contributed by atoms with van der Waals surface area (Å²) in [5, 5.41) is 0. The molecule has 1 fully saturated rings. The van der Waals surface area contributed by atoms with E-state index in [9.17, 15) is 4.79 Å². The summed E-state index contributed by atoms with van der Waals surface area (Å²) in [5.41, 5.74) is 3.29. The molecular weight excluding hydrogens is 374 g/mol. The van der Waals surface area contributed by atoms with Crippen molar-refractivity contribution in [1.29, 1.82) is 0 Å². The highest BCUT2D eigenvalue weighted by Gasteiger charge is 2.38. The fraction of sp³-hybridized carbons (Fsp3) is 0.435. The maximum Gasteiger partial charge on any atom is 0.166 e. The van der Waals surface area contributed by atoms with Crippen LogP contribution in [0.25, 0.3) is 0 Å². The Morgan fingerprint density at radius 3 is 2.29 bits per heavy atom. The zero-order valence-corrected chi connectivity index (χ0v) is 17.3. The molecule has 28 heavy (non-hydrogen) atoms. The van der Waals surface area contributed by atoms with Crippen molar-refractivity contribution in [3.63, 3.8) is 0 Å². The molecule has 1 unspecified atom stereocenters. The third-order valence-electron chi connectivity index (χ3n) is 6.10. The summed E-state index contributed by atoms with van der Waals surface area (Å²) in [6, 6.07) is 14.5. The molecule has 1 atom stereocenters. The molecule has 4 rings (SSSR count). The van der Waals surface area contributed by atoms with Gasteiger partial charge in [0.05, 0.1) is 14.2 Å². The SMILES string of the molecule is COc1cc2c(cc1OC)C(=O)C(C1CCN(Cc3ccccc3)CC1)C2.Cl. The molecule has 4 nitrogen and oxygen atoms in total. The van der Waals surface area contributed by atoms with Crippen LogP contribution in [0, 0.1) is 11.8 Å². The zero-order chi connectivity index (χ0) is 18.8. The van der Waals surface area contributed by atoms with Gasteiger partial charge in [0.25, 0.3) is 0 Å². The molecule has 0 spiro atoms. The molecule has 2 aromatic rings. The van der Waals surface area contributed by atoms with Crippen LogP contribution in [0.3, 0.4) is 0 Å². The monoisotopic (exact) mass is 401 g/mol. The van der Waals surface area contributed by atoms with Crippen LogP contribution >= 0.6 is 12.4 Å². The third kappa shape index (κ3) is 4.03. The van der Waals surface area contributed by atoms with Gasteiger partial charge in [-0.2, -0.15) is 0 Å². The topological polar surface area (TPSA) is 38.8 Å². The van der Waals surface area contributed by atoms with Gasteiger partial charge in [0, 0.05) is 18.0 Å². The molecule has 1 aliphatic carbocycles. The van der Waals surface area contributed by atoms with Crippen LogP contribution in [0.1, 0.15) is 34.3 Å². The number of likely N-dealkylation sites (tertiary alicyclic amines) is 1. The minimum Gasteiger partial charge on any atom is -0.493 e. The van der Waals surface area contributed by atoms with Crippen molar-refractivity contribution < 1.29 is 14.3 Å². The first kappa shape index (κ1) is 20.7. The predicted octanol–water partition coefficient (Wildman–Crippen LogP) is 4.39. The van der Waals surface area contributed by atoms with E-state index in [2.05, 4.69) is 35.2 Å². The Balaban J connectivity index is 0.00000225. The van der Waals surface area contributed by atoms with E-state index in [1.54, 1.807) is 14.2 Å². The number of hydrogen-bond donors (Lipinski definition) is 0. The molecule has 2 aliphatic rings. The number of carbonyl (C=O) groups excluding carboxylic acids is 1. The summed E-state index contributed by atoms with van der Waals surface area (Å²) in [6.07, 6.45) is 3.01. The maximum absolute atomic E-state index is 13.0. The maximum atomic E-state index is 13.0. The molecule has 0 N–H and O–H groups in total. The van der Waals surface area contributed by atoms with E-state index in [1.807, 2.05) is 12.1 Å². The number of benzene rings is 2. The second-order valence-electron chi connectivity index (χ2n) is 7.64. The summed E-state index contributed by atoms with van der Waals surface area (Å²) in [7, 11) is 3.25. The summed E-state index contributed by atoms with van der Waals surface area (Å²) in [6.45, 7) is 3.12. The number of nitrogens with zero attached hydrogens (tertiary/aromatic N) is 1. The average Bonchev–Trinajstić information content (AvgIpc) is 3.04. The predicted molar refractivity (Wildman–Crippen MR) is 113 cm³/mol. The molecule has 5 heteroatoms. The number of fused-ring (bicyclic) bond motifs is 1. The molecule has 2 aromatic carbocycles. The molecule has 1 aliphatic heterocycles. The average molecular weight is 402 g/mol. The van der Waals surface area contributed by atoms with E-state index >= 15 is 0 Å². The molecule has 0 aromatic heterocycles. The number of carbonyl (C=O) groups is 1. The molecule has 0 amide bonds. The Bertz CT molecular complexity index is 816. The van der Waals surface area contributed by atoms with Gasteiger partial charge in [-0.25, -0.2) is 0 Å². The standard InChI is InChI=1S/C23H27NO3.ClH/c1-26-21-13-18-12-19(23(25)20(18)14-22(21)27-2)17-8-10-24(11-9-17)15-16-6-4-3-5-7-16;/h3-7,13-14,17,19H,8-12,15H2,1-2H3;1H. The van der Waals surface area contributed by atoms with Gasteiger partial charge in [-0.1, -0.05) is 30.3 Å². The van der Waals surface area contributed by atoms with Gasteiger partial charge >= 0.3 is 0 Å². The number of methoxy groups -OCH3 is 2. The summed E-state index contributed by atoms with van der Waals surface area (Å²) in [4.78, 5) is 15.5. The molecule has 1 heterocycles. The minimum atomic E-state index is 0. The normalized spacial score (nSPS) is 19.8. The molecule has 0 radical (unpaired) electrons. The van der Waals surface area contributed by atoms with Crippen LogP contribution < -0.4 is 9.47 Å². The van der Waals surface area contributed by atoms with Crippen molar-refractivity contribution in [3.05, 3.63) is 59.2 Å². The van der Waals surface area contributed by atoms with Crippen LogP contribution in [-0.4, -0.2) is 38.0 Å². The Kier molecular flexibility index (Phi) is 6.63. The van der Waals surface area contributed by atoms with E-state index in [-0.39, 0.29) is 24.1 Å². The van der Waals surface area contributed by atoms with Gasteiger partial charge in [-0.3, -0.25) is 9.69 Å². The molecule has 150 valence electrons. The quantitative estimate of drug-likeness (QED) is 0.744. The number of hydrogen-bond acceptors (Lipinski definition) is 4. The van der Waals surface area contributed by atoms with Gasteiger partial charge in [0.2, 0.25) is 0 Å². The summed E-state index contributed by atoms with van der Waals surface area (Å²) < 4.78 is 10.8. The van der Waals surface area contributed by atoms with Crippen LogP contribution in [0.4, 0.5) is 0 Å². The van der Waals surface area contributed by atoms with Crippen molar-refractivity contribution in [2.24, 2.45) is 11.8 Å². The van der Waals surface area contributed by atoms with Gasteiger partial charge in [0.15, 0.2) is 17.3 Å². The zero-order valence-electron chi connectivity index (χ0n) is 16.5. The Morgan fingerprint density at radius 2 is 1.64 bits per heavy atom. The lowest BCUT2D eigenvalue weighted by atomic mass is 9.82. The number of rotatable bonds is 5. The van der Waals surface area contributed by atoms with Crippen molar-refractivity contribution >= 4 is 18.2 Å². The number of Topliss-reactive ketones (excluding diaryl/α,β-unsaturated/α-hetero) is 1. The van der Waals surface area contributed by atoms with E-state index in [4.69, 9.17) is 9.47 Å². The second-order valence-corrected chi connectivity index (χ2v) is 7.64. The lowest BCUT2D eigenvalue weighted by Crippen LogP contribution is -2.37. The van der Waals surface area contributed by atoms with Gasteiger partial charge < -0.3 is 9.47 Å². The van der Waals surface area contributed by atoms with E-state index in [1.165, 1.54) is 5.56 Å². The van der Waals surface area contributed by atoms with Gasteiger partial charge in [-0.05, 0) is 61.5 Å².